The first kappa shape index (κ1) is 20.7. The molecule has 0 unspecified atom stereocenters. The minimum Gasteiger partial charge on any atom is -0.371 e. The minimum atomic E-state index is -0.970. The molecular weight excluding hydrogens is 380 g/mol. The molecule has 8 heteroatoms. The van der Waals surface area contributed by atoms with E-state index >= 15 is 0 Å². The second kappa shape index (κ2) is 9.00. The number of likely N-dealkylation sites (N-methyl/N-ethyl adjacent to an activating group) is 1. The van der Waals surface area contributed by atoms with Crippen molar-refractivity contribution in [3.05, 3.63) is 71.3 Å². The molecule has 1 saturated heterocycles. The van der Waals surface area contributed by atoms with E-state index in [1.54, 1.807) is 38.4 Å². The zero-order chi connectivity index (χ0) is 21.0. The van der Waals surface area contributed by atoms with E-state index in [0.717, 1.165) is 12.1 Å². The molecule has 0 aliphatic carbocycles. The number of halogens is 2. The second-order valence-corrected chi connectivity index (χ2v) is 7.05. The highest BCUT2D eigenvalue weighted by Gasteiger charge is 2.33. The maximum absolute atomic E-state index is 13.6. The average Bonchev–Trinajstić information content (AvgIpc) is 3.16. The number of nitrogens with zero attached hydrogens (tertiary/aromatic N) is 1. The van der Waals surface area contributed by atoms with E-state index in [9.17, 15) is 18.4 Å². The van der Waals surface area contributed by atoms with E-state index in [1.807, 2.05) is 6.07 Å². The van der Waals surface area contributed by atoms with Gasteiger partial charge in [-0.3, -0.25) is 4.79 Å². The Bertz CT molecular complexity index is 877. The molecule has 1 fully saturated rings. The number of ether oxygens (including phenoxy) is 1. The lowest BCUT2D eigenvalue weighted by Gasteiger charge is -2.25. The maximum atomic E-state index is 13.6. The summed E-state index contributed by atoms with van der Waals surface area (Å²) in [7, 11) is 3.23. The van der Waals surface area contributed by atoms with Crippen molar-refractivity contribution in [3.63, 3.8) is 0 Å². The van der Waals surface area contributed by atoms with Crippen molar-refractivity contribution in [2.24, 2.45) is 0 Å². The van der Waals surface area contributed by atoms with Gasteiger partial charge in [-0.25, -0.2) is 13.6 Å². The summed E-state index contributed by atoms with van der Waals surface area (Å²) in [4.78, 5) is 26.6. The molecular formula is C21H23F2N3O3. The van der Waals surface area contributed by atoms with E-state index in [1.165, 1.54) is 11.0 Å². The van der Waals surface area contributed by atoms with Gasteiger partial charge >= 0.3 is 6.03 Å². The Morgan fingerprint density at radius 1 is 1.10 bits per heavy atom. The molecule has 0 aromatic heterocycles. The summed E-state index contributed by atoms with van der Waals surface area (Å²) >= 11 is 0. The van der Waals surface area contributed by atoms with Crippen molar-refractivity contribution in [3.8, 4) is 0 Å². The van der Waals surface area contributed by atoms with Crippen LogP contribution in [0.15, 0.2) is 48.5 Å². The molecule has 6 nitrogen and oxygen atoms in total. The lowest BCUT2D eigenvalue weighted by atomic mass is 10.0. The van der Waals surface area contributed by atoms with Gasteiger partial charge in [0, 0.05) is 20.7 Å². The van der Waals surface area contributed by atoms with Crippen LogP contribution in [0.3, 0.4) is 0 Å². The molecule has 154 valence electrons. The van der Waals surface area contributed by atoms with Crippen molar-refractivity contribution in [1.82, 2.24) is 15.5 Å². The Hall–Kier alpha value is -3.00. The molecule has 1 heterocycles. The number of rotatable bonds is 5. The minimum absolute atomic E-state index is 0.272. The van der Waals surface area contributed by atoms with Crippen LogP contribution in [-0.2, 0) is 9.53 Å². The van der Waals surface area contributed by atoms with Gasteiger partial charge in [-0.1, -0.05) is 36.4 Å². The summed E-state index contributed by atoms with van der Waals surface area (Å²) in [6.07, 6.45) is -0.0927. The molecule has 1 aliphatic heterocycles. The van der Waals surface area contributed by atoms with Crippen molar-refractivity contribution in [1.29, 1.82) is 0 Å². The Morgan fingerprint density at radius 2 is 1.83 bits per heavy atom. The van der Waals surface area contributed by atoms with Gasteiger partial charge in [0.1, 0.15) is 12.1 Å². The van der Waals surface area contributed by atoms with Crippen molar-refractivity contribution in [2.45, 2.75) is 24.6 Å². The molecule has 1 aliphatic rings. The smallest absolute Gasteiger partial charge is 0.316 e. The first-order valence-electron chi connectivity index (χ1n) is 9.26. The standard InChI is InChI=1S/C21H23F2N3O3/c1-26(2)20(27)18(13-6-4-3-5-7-13)25-21(28)24-17-10-11-29-19(17)14-8-9-15(22)16(23)12-14/h3-9,12,17-19H,10-11H2,1-2H3,(H2,24,25,28)/t17-,18-,19+/m1/s1. The van der Waals surface area contributed by atoms with Crippen molar-refractivity contribution in [2.75, 3.05) is 20.7 Å². The van der Waals surface area contributed by atoms with E-state index in [0.29, 0.717) is 24.2 Å². The number of benzene rings is 2. The van der Waals surface area contributed by atoms with E-state index in [4.69, 9.17) is 4.74 Å². The average molecular weight is 403 g/mol. The summed E-state index contributed by atoms with van der Waals surface area (Å²) in [6, 6.07) is 10.6. The topological polar surface area (TPSA) is 70.7 Å². The second-order valence-electron chi connectivity index (χ2n) is 7.05. The van der Waals surface area contributed by atoms with Crippen LogP contribution in [0.25, 0.3) is 0 Å². The summed E-state index contributed by atoms with van der Waals surface area (Å²) < 4.78 is 32.4. The third kappa shape index (κ3) is 4.89. The quantitative estimate of drug-likeness (QED) is 0.807. The molecule has 0 bridgehead atoms. The summed E-state index contributed by atoms with van der Waals surface area (Å²) in [5, 5.41) is 5.50. The summed E-state index contributed by atoms with van der Waals surface area (Å²) in [5.41, 5.74) is 1.09. The van der Waals surface area contributed by atoms with Crippen LogP contribution in [0.5, 0.6) is 0 Å². The van der Waals surface area contributed by atoms with Gasteiger partial charge in [0.05, 0.1) is 6.04 Å². The molecule has 0 saturated carbocycles. The van der Waals surface area contributed by atoms with Gasteiger partial charge in [-0.05, 0) is 29.7 Å². The number of hydrogen-bond donors (Lipinski definition) is 2. The molecule has 3 amide bonds. The van der Waals surface area contributed by atoms with E-state index < -0.39 is 35.9 Å². The van der Waals surface area contributed by atoms with Crippen LogP contribution in [-0.4, -0.2) is 43.6 Å². The number of nitrogens with one attached hydrogen (secondary N) is 2. The van der Waals surface area contributed by atoms with Crippen LogP contribution in [0.2, 0.25) is 0 Å². The van der Waals surface area contributed by atoms with E-state index in [-0.39, 0.29) is 5.91 Å². The van der Waals surface area contributed by atoms with Crippen molar-refractivity contribution >= 4 is 11.9 Å². The fourth-order valence-electron chi connectivity index (χ4n) is 3.29. The van der Waals surface area contributed by atoms with Gasteiger partial charge in [-0.15, -0.1) is 0 Å². The largest absolute Gasteiger partial charge is 0.371 e. The van der Waals surface area contributed by atoms with Gasteiger partial charge in [-0.2, -0.15) is 0 Å². The van der Waals surface area contributed by atoms with Crippen LogP contribution in [0.1, 0.15) is 29.7 Å². The van der Waals surface area contributed by atoms with E-state index in [2.05, 4.69) is 10.6 Å². The Labute approximate surface area is 167 Å². The number of carbonyl (C=O) groups is 2. The number of amides is 3. The molecule has 3 atom stereocenters. The lowest BCUT2D eigenvalue weighted by Crippen LogP contribution is -2.48. The molecule has 3 rings (SSSR count). The van der Waals surface area contributed by atoms with Crippen LogP contribution < -0.4 is 10.6 Å². The predicted molar refractivity (Wildman–Crippen MR) is 103 cm³/mol. The Morgan fingerprint density at radius 3 is 2.48 bits per heavy atom. The maximum Gasteiger partial charge on any atom is 0.316 e. The van der Waals surface area contributed by atoms with Gasteiger partial charge in [0.15, 0.2) is 11.6 Å². The molecule has 2 N–H and O–H groups in total. The highest BCUT2D eigenvalue weighted by Crippen LogP contribution is 2.30. The zero-order valence-electron chi connectivity index (χ0n) is 16.2. The van der Waals surface area contributed by atoms with Crippen molar-refractivity contribution < 1.29 is 23.1 Å². The molecule has 2 aromatic carbocycles. The fraction of sp³-hybridized carbons (Fsp3) is 0.333. The van der Waals surface area contributed by atoms with Gasteiger partial charge in [0.2, 0.25) is 5.91 Å². The van der Waals surface area contributed by atoms with Crippen LogP contribution >= 0.6 is 0 Å². The Kier molecular flexibility index (Phi) is 6.43. The fourth-order valence-corrected chi connectivity index (χ4v) is 3.29. The highest BCUT2D eigenvalue weighted by atomic mass is 19.2. The molecule has 0 radical (unpaired) electrons. The normalized spacial score (nSPS) is 19.4. The van der Waals surface area contributed by atoms with Gasteiger partial charge < -0.3 is 20.3 Å². The Balaban J connectivity index is 1.72. The highest BCUT2D eigenvalue weighted by molar-refractivity contribution is 5.88. The number of hydrogen-bond acceptors (Lipinski definition) is 3. The number of carbonyl (C=O) groups excluding carboxylic acids is 2. The SMILES string of the molecule is CN(C)C(=O)[C@H](NC(=O)N[C@@H]1CCO[C@H]1c1ccc(F)c(F)c1)c1ccccc1. The molecule has 29 heavy (non-hydrogen) atoms. The third-order valence-corrected chi connectivity index (χ3v) is 4.78. The first-order valence-corrected chi connectivity index (χ1v) is 9.26. The predicted octanol–water partition coefficient (Wildman–Crippen LogP) is 2.92. The lowest BCUT2D eigenvalue weighted by molar-refractivity contribution is -0.130. The molecule has 0 spiro atoms. The van der Waals surface area contributed by atoms with Gasteiger partial charge in [0.25, 0.3) is 0 Å². The third-order valence-electron chi connectivity index (χ3n) is 4.78. The van der Waals surface area contributed by atoms with Crippen LogP contribution in [0, 0.1) is 11.6 Å². The molecule has 2 aromatic rings. The monoisotopic (exact) mass is 403 g/mol. The summed E-state index contributed by atoms with van der Waals surface area (Å²) in [6.45, 7) is 0.368. The van der Waals surface area contributed by atoms with Crippen LogP contribution in [0.4, 0.5) is 13.6 Å². The summed E-state index contributed by atoms with van der Waals surface area (Å²) in [5.74, 6) is -2.19. The first-order chi connectivity index (χ1) is 13.9. The number of urea groups is 1. The zero-order valence-corrected chi connectivity index (χ0v) is 16.2.